The van der Waals surface area contributed by atoms with Gasteiger partial charge in [0.15, 0.2) is 0 Å². The average molecular weight is 1480 g/mol. The predicted octanol–water partition coefficient (Wildman–Crippen LogP) is -3.51. The summed E-state index contributed by atoms with van der Waals surface area (Å²) in [6.07, 6.45) is -8.25. The molecular weight excluding hydrogens is 1380 g/mol. The van der Waals surface area contributed by atoms with E-state index in [1.807, 2.05) is 0 Å². The molecule has 11 unspecified atom stereocenters. The predicted molar refractivity (Wildman–Crippen MR) is 342 cm³/mol. The summed E-state index contributed by atoms with van der Waals surface area (Å²) < 4.78 is 170. The van der Waals surface area contributed by atoms with E-state index in [4.69, 9.17) is 163 Å². The molecule has 45 heteroatoms. The molecule has 0 aliphatic carbocycles. The quantitative estimate of drug-likeness (QED) is 0.0388. The third-order valence-electron chi connectivity index (χ3n) is 13.5. The lowest BCUT2D eigenvalue weighted by molar-refractivity contribution is -0.206. The molecule has 12 radical (unpaired) electrons. The van der Waals surface area contributed by atoms with Gasteiger partial charge in [0.2, 0.25) is 0 Å². The van der Waals surface area contributed by atoms with Gasteiger partial charge in [0, 0.05) is 128 Å². The molecule has 0 spiro atoms. The van der Waals surface area contributed by atoms with E-state index in [9.17, 15) is 47.1 Å². The van der Waals surface area contributed by atoms with E-state index < -0.39 is 134 Å². The van der Waals surface area contributed by atoms with Crippen molar-refractivity contribution in [3.63, 3.8) is 0 Å². The summed E-state index contributed by atoms with van der Waals surface area (Å²) in [5, 5.41) is 0. The maximum atomic E-state index is 13.4. The lowest BCUT2D eigenvalue weighted by Gasteiger charge is -2.33. The van der Waals surface area contributed by atoms with Crippen molar-refractivity contribution in [1.29, 1.82) is 0 Å². The topological polar surface area (TPSA) is 413 Å². The van der Waals surface area contributed by atoms with Gasteiger partial charge >= 0.3 is 0 Å². The number of hydrogen-bond donors (Lipinski definition) is 1. The molecule has 95 heavy (non-hydrogen) atoms. The number of nitrogens with two attached hydrogens (primary N) is 1. The van der Waals surface area contributed by atoms with Crippen LogP contribution in [0.25, 0.3) is 0 Å². The minimum atomic E-state index is -4.02. The zero-order valence-corrected chi connectivity index (χ0v) is 61.6. The summed E-state index contributed by atoms with van der Waals surface area (Å²) >= 11 is 4.69. The molecule has 6 fully saturated rings. The maximum absolute atomic E-state index is 13.4. The lowest BCUT2D eigenvalue weighted by Crippen LogP contribution is -2.40. The van der Waals surface area contributed by atoms with Crippen molar-refractivity contribution in [3.05, 3.63) is 0 Å². The van der Waals surface area contributed by atoms with Crippen molar-refractivity contribution in [1.82, 2.24) is 0 Å². The second-order valence-corrected chi connectivity index (χ2v) is 32.9. The van der Waals surface area contributed by atoms with Crippen molar-refractivity contribution in [3.8, 4) is 0 Å². The Morgan fingerprint density at radius 2 is 0.811 bits per heavy atom. The zero-order valence-electron chi connectivity index (χ0n) is 56.3. The summed E-state index contributed by atoms with van der Waals surface area (Å²) in [4.78, 5) is 55.9. The molecular formula is C50H94B6FNO31P5S-5. The molecule has 0 aromatic heterocycles. The Balaban J connectivity index is 0.000000574. The first-order valence-electron chi connectivity index (χ1n) is 29.5. The Kier molecular flexibility index (Phi) is 46.7. The van der Waals surface area contributed by atoms with Gasteiger partial charge in [-0.05, 0) is 39.0 Å². The Labute approximate surface area is 572 Å². The van der Waals surface area contributed by atoms with Crippen LogP contribution in [-0.4, -0.2) is 345 Å². The van der Waals surface area contributed by atoms with E-state index in [0.29, 0.717) is 52.4 Å². The summed E-state index contributed by atoms with van der Waals surface area (Å²) in [5.74, 6) is 0.100. The lowest BCUT2D eigenvalue weighted by atomic mass is 9.80. The molecule has 6 saturated heterocycles. The monoisotopic (exact) mass is 1480 g/mol. The molecule has 6 aliphatic heterocycles. The number of hydrogen-bond acceptors (Lipinski definition) is 33. The maximum Gasteiger partial charge on any atom is 0.147 e. The van der Waals surface area contributed by atoms with E-state index in [1.54, 1.807) is 21.3 Å². The average Bonchev–Trinajstić information content (AvgIpc) is 1.71. The third-order valence-corrected chi connectivity index (χ3v) is 16.9. The van der Waals surface area contributed by atoms with Gasteiger partial charge in [-0.15, -0.1) is 0 Å². The standard InChI is InChI=1S/C10H21BNO6P.C10H20BO7P.C8H16BO6P.C8H15BO3.C7H13BFO5P.C7H14BO4PS/c1-15-6-7-8(18-19(2,13)14)9(10(11)17-7)16-5-3-4-12;1-14-4-5-16-9-8(18-19(3,12)13)7(6-15-2)17-10(9)11;1-12-4-5-6(15-16(3,10)11)7(13-2)8(9)14-5;1-10-5-8-7(11-2)3-6(9)4-12-8;1-12-3-4-6(14-15(2,10)11)5(9)7(8)13-4;1-10-4-6-5(3-7(8)11-6)12-13(2,9)14/h7-10H,3-6,12H2,1-2H3,(H,13,14);7-10H,4-6H2,1-3H3,(H,12,13);5-8H,4H2,1-3H3,(H,10,11);6-8H,3-5H2,1-2H3;4-7H,3H2,1-2H3,(H,10,11);5-7H,3-4H2,1-2H3,(H,9,14)/p-5/t2*7-,8+,9?,10-;5-,6+,7?,8-;6-,7?,8?;4-,5?,6+,7-;5-,6-,7-,13?/m111111/s1. The molecule has 6 heterocycles. The molecule has 0 saturated carbocycles. The SMILES string of the molecule is [B][C@@H]1O[C@H](COC)[C@H](OP(C)(=O)[O-])C1F.[B][C@@H]1O[C@H](COC)[C@H](OP(C)(=O)[O-])C1OC.[B][C@@H]1O[C@H](COC)[C@H](OP(C)(=O)[O-])C1OCCCN.[B][C@@H]1O[C@H](COC)[C@H](OP(C)(=O)[O-])C1OCCOC.[B][C@H]1COC(COC)C(OC)C1.[B][C@H]1C[C@@H](OP(C)([O-])=S)[C@@H](COC)O1. The summed E-state index contributed by atoms with van der Waals surface area (Å²) in [6.45, 7) is 5.93. The normalized spacial score (nSPS) is 36.6. The largest absolute Gasteiger partial charge is 0.801 e. The van der Waals surface area contributed by atoms with E-state index in [0.717, 1.165) is 33.1 Å². The second-order valence-electron chi connectivity index (χ2n) is 22.1. The molecule has 6 aliphatic rings. The fourth-order valence-electron chi connectivity index (χ4n) is 9.67. The van der Waals surface area contributed by atoms with Gasteiger partial charge in [0.05, 0.1) is 78.9 Å². The van der Waals surface area contributed by atoms with Crippen LogP contribution >= 0.6 is 36.9 Å². The Morgan fingerprint density at radius 1 is 0.442 bits per heavy atom. The Bertz CT molecular complexity index is 2240. The van der Waals surface area contributed by atoms with Crippen LogP contribution in [0.3, 0.4) is 0 Å². The van der Waals surface area contributed by atoms with E-state index >= 15 is 0 Å². The highest BCUT2D eigenvalue weighted by Crippen LogP contribution is 2.43. The van der Waals surface area contributed by atoms with Crippen molar-refractivity contribution >= 4 is 95.8 Å². The van der Waals surface area contributed by atoms with Gasteiger partial charge in [-0.25, -0.2) is 4.39 Å². The molecule has 2 N–H and O–H groups in total. The van der Waals surface area contributed by atoms with Gasteiger partial charge in [-0.2, -0.15) is 0 Å². The van der Waals surface area contributed by atoms with Crippen LogP contribution in [-0.2, 0) is 133 Å². The molecule has 27 atom stereocenters. The van der Waals surface area contributed by atoms with Crippen LogP contribution in [0.15, 0.2) is 0 Å². The molecule has 0 aromatic rings. The third kappa shape index (κ3) is 37.9. The first kappa shape index (κ1) is 93.8. The van der Waals surface area contributed by atoms with Gasteiger partial charge in [-0.3, -0.25) is 0 Å². The minimum Gasteiger partial charge on any atom is -0.801 e. The molecule has 32 nitrogen and oxygen atoms in total. The van der Waals surface area contributed by atoms with Crippen LogP contribution in [0.4, 0.5) is 4.39 Å². The summed E-state index contributed by atoms with van der Waals surface area (Å²) in [5.41, 5.74) is 5.37. The van der Waals surface area contributed by atoms with Crippen LogP contribution in [0.2, 0.25) is 5.82 Å². The van der Waals surface area contributed by atoms with Crippen molar-refractivity contribution in [2.45, 2.75) is 153 Å². The Morgan fingerprint density at radius 3 is 1.19 bits per heavy atom. The molecule has 6 rings (SSSR count). The van der Waals surface area contributed by atoms with Crippen molar-refractivity contribution in [2.75, 3.05) is 170 Å². The number of rotatable bonds is 32. The van der Waals surface area contributed by atoms with Gasteiger partial charge in [-0.1, -0.05) is 17.6 Å². The van der Waals surface area contributed by atoms with Gasteiger partial charge < -0.3 is 152 Å². The number of methoxy groups -OCH3 is 9. The van der Waals surface area contributed by atoms with Gasteiger partial charge in [0.1, 0.15) is 155 Å². The molecule has 0 bridgehead atoms. The summed E-state index contributed by atoms with van der Waals surface area (Å²) in [7, 11) is 31.7. The highest BCUT2D eigenvalue weighted by molar-refractivity contribution is 8.08. The van der Waals surface area contributed by atoms with Crippen LogP contribution in [0.1, 0.15) is 19.3 Å². The fourth-order valence-corrected chi connectivity index (χ4v) is 13.5. The van der Waals surface area contributed by atoms with Gasteiger partial charge in [0.25, 0.3) is 0 Å². The van der Waals surface area contributed by atoms with E-state index in [2.05, 4.69) is 4.52 Å². The van der Waals surface area contributed by atoms with Crippen molar-refractivity contribution in [2.24, 2.45) is 5.73 Å². The second kappa shape index (κ2) is 47.3. The number of halogens is 1. The molecule has 0 amide bonds. The molecule has 0 aromatic carbocycles. The Hall–Kier alpha value is 0.770. The van der Waals surface area contributed by atoms with Crippen LogP contribution in [0, 0.1) is 0 Å². The first-order valence-corrected chi connectivity index (χ1v) is 40.6. The molecule has 546 valence electrons. The zero-order chi connectivity index (χ0) is 72.7. The minimum absolute atomic E-state index is 0.0266. The number of ether oxygens (including phenoxy) is 17. The van der Waals surface area contributed by atoms with E-state index in [-0.39, 0.29) is 69.3 Å². The highest BCUT2D eigenvalue weighted by atomic mass is 32.5. The smallest absolute Gasteiger partial charge is 0.147 e. The number of alkyl halides is 1. The highest BCUT2D eigenvalue weighted by Gasteiger charge is 2.48. The van der Waals surface area contributed by atoms with E-state index in [1.165, 1.54) is 49.3 Å². The summed E-state index contributed by atoms with van der Waals surface area (Å²) in [6, 6.07) is -3.81. The first-order chi connectivity index (χ1) is 44.2. The van der Waals surface area contributed by atoms with Crippen molar-refractivity contribution < 1.29 is 150 Å². The van der Waals surface area contributed by atoms with Crippen LogP contribution < -0.4 is 30.2 Å². The fraction of sp³-hybridized carbons (Fsp3) is 1.00. The van der Waals surface area contributed by atoms with Crippen LogP contribution in [0.5, 0.6) is 0 Å².